The molecule has 3 heterocycles. The Morgan fingerprint density at radius 3 is 2.77 bits per heavy atom. The maximum Gasteiger partial charge on any atom is 0.235 e. The third-order valence-electron chi connectivity index (χ3n) is 3.85. The molecule has 0 amide bonds. The Hall–Kier alpha value is -3.43. The molecule has 1 aromatic carbocycles. The first-order valence-corrected chi connectivity index (χ1v) is 7.67. The molecule has 4 rings (SSSR count). The lowest BCUT2D eigenvalue weighted by atomic mass is 10.2. The maximum absolute atomic E-state index is 14.1. The number of halogens is 2. The van der Waals surface area contributed by atoms with Crippen LogP contribution in [0.25, 0.3) is 17.0 Å². The molecule has 0 aliphatic carbocycles. The van der Waals surface area contributed by atoms with Crippen LogP contribution >= 0.6 is 0 Å². The second-order valence-corrected chi connectivity index (χ2v) is 5.64. The minimum atomic E-state index is -0.621. The van der Waals surface area contributed by atoms with Gasteiger partial charge in [-0.3, -0.25) is 4.68 Å². The number of fused-ring (bicyclic) bond motifs is 1. The molecule has 0 saturated heterocycles. The summed E-state index contributed by atoms with van der Waals surface area (Å²) in [7, 11) is 1.75. The molecular weight excluding hydrogens is 344 g/mol. The summed E-state index contributed by atoms with van der Waals surface area (Å²) in [6, 6.07) is 4.82. The molecule has 26 heavy (non-hydrogen) atoms. The normalized spacial score (nSPS) is 11.2. The van der Waals surface area contributed by atoms with E-state index in [2.05, 4.69) is 25.4 Å². The Labute approximate surface area is 146 Å². The van der Waals surface area contributed by atoms with Crippen LogP contribution in [0, 0.1) is 18.6 Å². The average molecular weight is 357 g/mol. The molecule has 0 saturated carbocycles. The lowest BCUT2D eigenvalue weighted by molar-refractivity contribution is 0.272. The van der Waals surface area contributed by atoms with E-state index in [-0.39, 0.29) is 18.0 Å². The van der Waals surface area contributed by atoms with Gasteiger partial charge >= 0.3 is 0 Å². The van der Waals surface area contributed by atoms with E-state index in [0.717, 1.165) is 23.8 Å². The Morgan fingerprint density at radius 1 is 1.15 bits per heavy atom. The van der Waals surface area contributed by atoms with Gasteiger partial charge in [-0.05, 0) is 31.2 Å². The molecule has 132 valence electrons. The first kappa shape index (κ1) is 16.1. The van der Waals surface area contributed by atoms with Crippen LogP contribution in [-0.2, 0) is 13.7 Å². The van der Waals surface area contributed by atoms with Gasteiger partial charge in [-0.1, -0.05) is 0 Å². The van der Waals surface area contributed by atoms with Crippen LogP contribution in [0.15, 0.2) is 30.6 Å². The van der Waals surface area contributed by atoms with Crippen LogP contribution < -0.4 is 4.74 Å². The van der Waals surface area contributed by atoms with Gasteiger partial charge in [-0.2, -0.15) is 9.61 Å². The summed E-state index contributed by atoms with van der Waals surface area (Å²) in [5.74, 6) is -0.195. The van der Waals surface area contributed by atoms with Crippen LogP contribution in [0.2, 0.25) is 0 Å². The van der Waals surface area contributed by atoms with E-state index in [1.165, 1.54) is 10.8 Å². The average Bonchev–Trinajstić information content (AvgIpc) is 3.20. The smallest absolute Gasteiger partial charge is 0.235 e. The highest BCUT2D eigenvalue weighted by molar-refractivity contribution is 5.60. The minimum absolute atomic E-state index is 0.0342. The fraction of sp³-hybridized carbons (Fsp3) is 0.188. The molecule has 8 nitrogen and oxygen atoms in total. The van der Waals surface area contributed by atoms with Crippen molar-refractivity contribution in [3.05, 3.63) is 53.6 Å². The van der Waals surface area contributed by atoms with Gasteiger partial charge in [0.15, 0.2) is 17.3 Å². The lowest BCUT2D eigenvalue weighted by Gasteiger charge is -2.08. The summed E-state index contributed by atoms with van der Waals surface area (Å²) in [6.07, 6.45) is 1.42. The van der Waals surface area contributed by atoms with Crippen molar-refractivity contribution < 1.29 is 13.5 Å². The number of aryl methyl sites for hydroxylation is 2. The van der Waals surface area contributed by atoms with Gasteiger partial charge < -0.3 is 4.74 Å². The zero-order valence-corrected chi connectivity index (χ0v) is 13.9. The molecule has 3 aromatic heterocycles. The van der Waals surface area contributed by atoms with Gasteiger partial charge in [0.25, 0.3) is 0 Å². The van der Waals surface area contributed by atoms with Gasteiger partial charge in [-0.25, -0.2) is 13.8 Å². The summed E-state index contributed by atoms with van der Waals surface area (Å²) in [6.45, 7) is 1.96. The van der Waals surface area contributed by atoms with Crippen molar-refractivity contribution in [3.63, 3.8) is 0 Å². The number of hydrogen-bond acceptors (Lipinski definition) is 6. The lowest BCUT2D eigenvalue weighted by Crippen LogP contribution is -2.08. The van der Waals surface area contributed by atoms with E-state index in [0.29, 0.717) is 17.4 Å². The molecule has 0 atom stereocenters. The van der Waals surface area contributed by atoms with E-state index in [1.54, 1.807) is 24.7 Å². The fourth-order valence-corrected chi connectivity index (χ4v) is 2.47. The SMILES string of the molecule is Cc1cc2nnc(-c3cc(F)ccc3F)n2nc1OCc1ncnn1C. The molecule has 0 aliphatic heterocycles. The van der Waals surface area contributed by atoms with Gasteiger partial charge in [0.1, 0.15) is 24.6 Å². The van der Waals surface area contributed by atoms with Crippen molar-refractivity contribution in [3.8, 4) is 17.3 Å². The van der Waals surface area contributed by atoms with Gasteiger partial charge in [0.2, 0.25) is 5.88 Å². The quantitative estimate of drug-likeness (QED) is 0.556. The molecule has 10 heteroatoms. The maximum atomic E-state index is 14.1. The summed E-state index contributed by atoms with van der Waals surface area (Å²) in [4.78, 5) is 4.08. The molecule has 0 fully saturated rings. The molecule has 0 bridgehead atoms. The van der Waals surface area contributed by atoms with Crippen LogP contribution in [0.1, 0.15) is 11.4 Å². The van der Waals surface area contributed by atoms with Crippen LogP contribution in [0.4, 0.5) is 8.78 Å². The fourth-order valence-electron chi connectivity index (χ4n) is 2.47. The molecule has 0 aliphatic rings. The van der Waals surface area contributed by atoms with E-state index < -0.39 is 11.6 Å². The topological polar surface area (TPSA) is 83.0 Å². The third-order valence-corrected chi connectivity index (χ3v) is 3.85. The van der Waals surface area contributed by atoms with Gasteiger partial charge in [-0.15, -0.1) is 15.3 Å². The Kier molecular flexibility index (Phi) is 3.79. The van der Waals surface area contributed by atoms with Crippen molar-refractivity contribution in [1.82, 2.24) is 34.6 Å². The molecule has 0 spiro atoms. The molecule has 0 radical (unpaired) electrons. The van der Waals surface area contributed by atoms with Crippen LogP contribution in [-0.4, -0.2) is 34.6 Å². The van der Waals surface area contributed by atoms with E-state index >= 15 is 0 Å². The second-order valence-electron chi connectivity index (χ2n) is 5.64. The third kappa shape index (κ3) is 2.75. The van der Waals surface area contributed by atoms with Crippen LogP contribution in [0.5, 0.6) is 5.88 Å². The van der Waals surface area contributed by atoms with Crippen molar-refractivity contribution in [2.75, 3.05) is 0 Å². The van der Waals surface area contributed by atoms with Gasteiger partial charge in [0.05, 0.1) is 5.56 Å². The largest absolute Gasteiger partial charge is 0.468 e. The number of hydrogen-bond donors (Lipinski definition) is 0. The van der Waals surface area contributed by atoms with Crippen molar-refractivity contribution in [1.29, 1.82) is 0 Å². The zero-order valence-electron chi connectivity index (χ0n) is 13.9. The Balaban J connectivity index is 1.75. The molecule has 0 unspecified atom stereocenters. The van der Waals surface area contributed by atoms with Crippen LogP contribution in [0.3, 0.4) is 0 Å². The second kappa shape index (κ2) is 6.14. The van der Waals surface area contributed by atoms with Crippen molar-refractivity contribution >= 4 is 5.65 Å². The highest BCUT2D eigenvalue weighted by Gasteiger charge is 2.17. The number of nitrogens with zero attached hydrogens (tertiary/aromatic N) is 7. The first-order chi connectivity index (χ1) is 12.5. The molecule has 0 N–H and O–H groups in total. The molecule has 4 aromatic rings. The predicted molar refractivity (Wildman–Crippen MR) is 86.2 cm³/mol. The van der Waals surface area contributed by atoms with Crippen molar-refractivity contribution in [2.24, 2.45) is 7.05 Å². The number of aromatic nitrogens is 7. The van der Waals surface area contributed by atoms with E-state index in [9.17, 15) is 8.78 Å². The minimum Gasteiger partial charge on any atom is -0.468 e. The number of rotatable bonds is 4. The Morgan fingerprint density at radius 2 is 2.00 bits per heavy atom. The standard InChI is InChI=1S/C16H13F2N7O/c1-9-5-13-21-22-15(11-6-10(17)3-4-12(11)18)25(13)23-16(9)26-7-14-19-8-20-24(14)2/h3-6,8H,7H2,1-2H3. The predicted octanol–water partition coefficient (Wildman–Crippen LogP) is 2.09. The summed E-state index contributed by atoms with van der Waals surface area (Å²) in [5, 5.41) is 16.2. The zero-order chi connectivity index (χ0) is 18.3. The summed E-state index contributed by atoms with van der Waals surface area (Å²) in [5.41, 5.74) is 1.08. The van der Waals surface area contributed by atoms with Crippen molar-refractivity contribution in [2.45, 2.75) is 13.5 Å². The summed E-state index contributed by atoms with van der Waals surface area (Å²) >= 11 is 0. The van der Waals surface area contributed by atoms with Gasteiger partial charge in [0, 0.05) is 12.6 Å². The van der Waals surface area contributed by atoms with E-state index in [1.807, 2.05) is 0 Å². The van der Waals surface area contributed by atoms with E-state index in [4.69, 9.17) is 4.74 Å². The highest BCUT2D eigenvalue weighted by atomic mass is 19.1. The number of benzene rings is 1. The first-order valence-electron chi connectivity index (χ1n) is 7.67. The number of ether oxygens (including phenoxy) is 1. The molecular formula is C16H13F2N7O. The monoisotopic (exact) mass is 357 g/mol. The highest BCUT2D eigenvalue weighted by Crippen LogP contribution is 2.24. The summed E-state index contributed by atoms with van der Waals surface area (Å²) < 4.78 is 36.2. The Bertz CT molecular complexity index is 1110.